The summed E-state index contributed by atoms with van der Waals surface area (Å²) in [6, 6.07) is 8.00. The SMILES string of the molecule is CCC[C@H]1COC[C@H]2CN(C(=O)c3c[nH]c(=O)c4ccccc34)CCN12. The molecule has 1 N–H and O–H groups in total. The van der Waals surface area contributed by atoms with E-state index in [-0.39, 0.29) is 17.5 Å². The van der Waals surface area contributed by atoms with Crippen molar-refractivity contribution in [3.63, 3.8) is 0 Å². The number of H-pyrrole nitrogens is 1. The summed E-state index contributed by atoms with van der Waals surface area (Å²) in [6.07, 6.45) is 3.83. The molecule has 1 amide bonds. The summed E-state index contributed by atoms with van der Waals surface area (Å²) in [6.45, 7) is 5.94. The molecule has 2 saturated heterocycles. The third-order valence-corrected chi connectivity index (χ3v) is 5.57. The third-order valence-electron chi connectivity index (χ3n) is 5.57. The Kier molecular flexibility index (Phi) is 4.78. The van der Waals surface area contributed by atoms with Crippen LogP contribution in [0.5, 0.6) is 0 Å². The number of morpholine rings is 1. The second-order valence-electron chi connectivity index (χ2n) is 7.20. The van der Waals surface area contributed by atoms with Crippen molar-refractivity contribution >= 4 is 16.7 Å². The van der Waals surface area contributed by atoms with Gasteiger partial charge < -0.3 is 14.6 Å². The number of hydrogen-bond donors (Lipinski definition) is 1. The molecule has 0 radical (unpaired) electrons. The maximum atomic E-state index is 13.2. The smallest absolute Gasteiger partial charge is 0.256 e. The summed E-state index contributed by atoms with van der Waals surface area (Å²) in [5, 5.41) is 1.27. The minimum atomic E-state index is -0.162. The molecule has 6 heteroatoms. The Bertz CT molecular complexity index is 861. The number of rotatable bonds is 3. The number of aromatic nitrogens is 1. The summed E-state index contributed by atoms with van der Waals surface area (Å²) >= 11 is 0. The van der Waals surface area contributed by atoms with Gasteiger partial charge in [0.25, 0.3) is 11.5 Å². The van der Waals surface area contributed by atoms with E-state index in [1.165, 1.54) is 0 Å². The molecule has 0 unspecified atom stereocenters. The van der Waals surface area contributed by atoms with Gasteiger partial charge >= 0.3 is 0 Å². The first-order valence-corrected chi connectivity index (χ1v) is 9.42. The second kappa shape index (κ2) is 7.21. The first kappa shape index (κ1) is 17.2. The molecule has 2 aliphatic rings. The zero-order valence-corrected chi connectivity index (χ0v) is 15.1. The zero-order valence-electron chi connectivity index (χ0n) is 15.1. The van der Waals surface area contributed by atoms with Gasteiger partial charge in [0, 0.05) is 42.6 Å². The van der Waals surface area contributed by atoms with Crippen molar-refractivity contribution in [3.8, 4) is 0 Å². The van der Waals surface area contributed by atoms with Gasteiger partial charge in [0.2, 0.25) is 0 Å². The molecular formula is C20H25N3O3. The van der Waals surface area contributed by atoms with E-state index in [9.17, 15) is 9.59 Å². The number of hydrogen-bond acceptors (Lipinski definition) is 4. The van der Waals surface area contributed by atoms with E-state index >= 15 is 0 Å². The van der Waals surface area contributed by atoms with Gasteiger partial charge in [-0.25, -0.2) is 0 Å². The van der Waals surface area contributed by atoms with Crippen molar-refractivity contribution in [2.24, 2.45) is 0 Å². The van der Waals surface area contributed by atoms with Crippen LogP contribution in [0.2, 0.25) is 0 Å². The fourth-order valence-corrected chi connectivity index (χ4v) is 4.26. The number of amides is 1. The number of carbonyl (C=O) groups excluding carboxylic acids is 1. The van der Waals surface area contributed by atoms with Crippen molar-refractivity contribution in [2.75, 3.05) is 32.8 Å². The monoisotopic (exact) mass is 355 g/mol. The fourth-order valence-electron chi connectivity index (χ4n) is 4.26. The number of carbonyl (C=O) groups is 1. The first-order chi connectivity index (χ1) is 12.7. The number of ether oxygens (including phenoxy) is 1. The van der Waals surface area contributed by atoms with Gasteiger partial charge in [-0.3, -0.25) is 14.5 Å². The Labute approximate surface area is 152 Å². The van der Waals surface area contributed by atoms with Crippen LogP contribution in [0.15, 0.2) is 35.3 Å². The molecule has 6 nitrogen and oxygen atoms in total. The molecule has 2 aliphatic heterocycles. The van der Waals surface area contributed by atoms with Gasteiger partial charge in [0.05, 0.1) is 24.8 Å². The molecule has 4 rings (SSSR count). The van der Waals surface area contributed by atoms with Crippen molar-refractivity contribution in [3.05, 3.63) is 46.4 Å². The van der Waals surface area contributed by atoms with Gasteiger partial charge in [0.1, 0.15) is 0 Å². The van der Waals surface area contributed by atoms with Crippen LogP contribution in [-0.4, -0.2) is 65.6 Å². The molecule has 1 aromatic carbocycles. The van der Waals surface area contributed by atoms with Crippen molar-refractivity contribution < 1.29 is 9.53 Å². The predicted octanol–water partition coefficient (Wildman–Crippen LogP) is 1.85. The molecule has 0 aliphatic carbocycles. The van der Waals surface area contributed by atoms with E-state index in [2.05, 4.69) is 16.8 Å². The lowest BCUT2D eigenvalue weighted by Crippen LogP contribution is -2.62. The highest BCUT2D eigenvalue weighted by molar-refractivity contribution is 6.06. The number of piperazine rings is 1. The highest BCUT2D eigenvalue weighted by atomic mass is 16.5. The van der Waals surface area contributed by atoms with Gasteiger partial charge in [0.15, 0.2) is 0 Å². The first-order valence-electron chi connectivity index (χ1n) is 9.42. The topological polar surface area (TPSA) is 65.6 Å². The van der Waals surface area contributed by atoms with Gasteiger partial charge in [-0.05, 0) is 12.5 Å². The average molecular weight is 355 g/mol. The van der Waals surface area contributed by atoms with Crippen LogP contribution < -0.4 is 5.56 Å². The Hall–Kier alpha value is -2.18. The maximum Gasteiger partial charge on any atom is 0.256 e. The van der Waals surface area contributed by atoms with Crippen LogP contribution in [0.4, 0.5) is 0 Å². The standard InChI is InChI=1S/C20H25N3O3/c1-2-5-14-12-26-13-15-11-22(8-9-23(14)15)20(25)18-10-21-19(24)17-7-4-3-6-16(17)18/h3-4,6-7,10,14-15H,2,5,8-9,11-13H2,1H3,(H,21,24)/t14-,15+/m0/s1. The zero-order chi connectivity index (χ0) is 18.1. The third kappa shape index (κ3) is 3.04. The van der Waals surface area contributed by atoms with E-state index in [0.717, 1.165) is 26.0 Å². The summed E-state index contributed by atoms with van der Waals surface area (Å²) in [4.78, 5) is 32.3. The second-order valence-corrected chi connectivity index (χ2v) is 7.20. The lowest BCUT2D eigenvalue weighted by Gasteiger charge is -2.48. The molecule has 0 saturated carbocycles. The highest BCUT2D eigenvalue weighted by Crippen LogP contribution is 2.24. The van der Waals surface area contributed by atoms with Crippen LogP contribution in [0.1, 0.15) is 30.1 Å². The predicted molar refractivity (Wildman–Crippen MR) is 100 cm³/mol. The van der Waals surface area contributed by atoms with Crippen LogP contribution in [-0.2, 0) is 4.74 Å². The summed E-state index contributed by atoms with van der Waals surface area (Å²) in [5.74, 6) is -0.0188. The number of fused-ring (bicyclic) bond motifs is 2. The molecule has 2 fully saturated rings. The average Bonchev–Trinajstić information content (AvgIpc) is 2.68. The molecule has 2 atom stereocenters. The molecule has 26 heavy (non-hydrogen) atoms. The molecule has 0 spiro atoms. The van der Waals surface area contributed by atoms with E-state index < -0.39 is 0 Å². The largest absolute Gasteiger partial charge is 0.378 e. The van der Waals surface area contributed by atoms with Crippen molar-refractivity contribution in [1.82, 2.24) is 14.8 Å². The number of pyridine rings is 1. The lowest BCUT2D eigenvalue weighted by atomic mass is 10.0. The lowest BCUT2D eigenvalue weighted by molar-refractivity contribution is -0.0776. The molecule has 0 bridgehead atoms. The van der Waals surface area contributed by atoms with E-state index in [4.69, 9.17) is 4.74 Å². The Morgan fingerprint density at radius 2 is 2.04 bits per heavy atom. The minimum Gasteiger partial charge on any atom is -0.378 e. The van der Waals surface area contributed by atoms with Crippen molar-refractivity contribution in [1.29, 1.82) is 0 Å². The number of nitrogens with one attached hydrogen (secondary N) is 1. The summed E-state index contributed by atoms with van der Waals surface area (Å²) in [7, 11) is 0. The molecule has 3 heterocycles. The van der Waals surface area contributed by atoms with Gasteiger partial charge in [-0.15, -0.1) is 0 Å². The van der Waals surface area contributed by atoms with Gasteiger partial charge in [-0.1, -0.05) is 31.5 Å². The minimum absolute atomic E-state index is 0.0188. The van der Waals surface area contributed by atoms with Crippen LogP contribution in [0.25, 0.3) is 10.8 Å². The number of nitrogens with zero attached hydrogens (tertiary/aromatic N) is 2. The normalized spacial score (nSPS) is 23.8. The van der Waals surface area contributed by atoms with Crippen LogP contribution in [0, 0.1) is 0 Å². The Balaban J connectivity index is 1.57. The van der Waals surface area contributed by atoms with Gasteiger partial charge in [-0.2, -0.15) is 0 Å². The quantitative estimate of drug-likeness (QED) is 0.913. The number of aromatic amines is 1. The van der Waals surface area contributed by atoms with E-state index in [1.807, 2.05) is 23.1 Å². The van der Waals surface area contributed by atoms with E-state index in [0.29, 0.717) is 42.1 Å². The molecule has 1 aromatic heterocycles. The molecular weight excluding hydrogens is 330 g/mol. The maximum absolute atomic E-state index is 13.2. The Morgan fingerprint density at radius 1 is 1.23 bits per heavy atom. The number of benzene rings is 1. The van der Waals surface area contributed by atoms with Crippen LogP contribution in [0.3, 0.4) is 0 Å². The highest BCUT2D eigenvalue weighted by Gasteiger charge is 2.36. The molecule has 2 aromatic rings. The molecule has 138 valence electrons. The van der Waals surface area contributed by atoms with Crippen molar-refractivity contribution in [2.45, 2.75) is 31.8 Å². The fraction of sp³-hybridized carbons (Fsp3) is 0.500. The van der Waals surface area contributed by atoms with Crippen LogP contribution >= 0.6 is 0 Å². The summed E-state index contributed by atoms with van der Waals surface area (Å²) in [5.41, 5.74) is 0.403. The Morgan fingerprint density at radius 3 is 2.85 bits per heavy atom. The van der Waals surface area contributed by atoms with E-state index in [1.54, 1.807) is 12.3 Å². The summed E-state index contributed by atoms with van der Waals surface area (Å²) < 4.78 is 5.80.